The Labute approximate surface area is 120 Å². The van der Waals surface area contributed by atoms with Crippen molar-refractivity contribution in [3.05, 3.63) is 29.3 Å². The highest BCUT2D eigenvalue weighted by Gasteiger charge is 2.10. The Morgan fingerprint density at radius 1 is 1.20 bits per heavy atom. The fraction of sp³-hybridized carbons (Fsp3) is 0.533. The molecule has 0 amide bonds. The van der Waals surface area contributed by atoms with Crippen molar-refractivity contribution >= 4 is 0 Å². The van der Waals surface area contributed by atoms with Gasteiger partial charge in [-0.2, -0.15) is 5.10 Å². The van der Waals surface area contributed by atoms with Crippen LogP contribution in [0.5, 0.6) is 0 Å². The van der Waals surface area contributed by atoms with Gasteiger partial charge in [-0.15, -0.1) is 0 Å². The van der Waals surface area contributed by atoms with Crippen LogP contribution >= 0.6 is 0 Å². The number of nitrogens with one attached hydrogen (secondary N) is 1. The summed E-state index contributed by atoms with van der Waals surface area (Å²) in [7, 11) is 1.90. The first-order valence-corrected chi connectivity index (χ1v) is 7.15. The van der Waals surface area contributed by atoms with Crippen LogP contribution in [0, 0.1) is 13.8 Å². The maximum Gasteiger partial charge on any atom is 0.162 e. The van der Waals surface area contributed by atoms with E-state index >= 15 is 0 Å². The lowest BCUT2D eigenvalue weighted by Gasteiger charge is -2.10. The smallest absolute Gasteiger partial charge is 0.162 e. The third-order valence-corrected chi connectivity index (χ3v) is 3.41. The van der Waals surface area contributed by atoms with Crippen LogP contribution < -0.4 is 5.32 Å². The summed E-state index contributed by atoms with van der Waals surface area (Å²) in [5, 5.41) is 7.52. The highest BCUT2D eigenvalue weighted by atomic mass is 15.2. The van der Waals surface area contributed by atoms with E-state index in [0.29, 0.717) is 0 Å². The number of aromatic nitrogens is 4. The fourth-order valence-electron chi connectivity index (χ4n) is 2.33. The molecule has 1 N–H and O–H groups in total. The van der Waals surface area contributed by atoms with Gasteiger partial charge in [0.05, 0.1) is 11.8 Å². The zero-order valence-electron chi connectivity index (χ0n) is 12.8. The van der Waals surface area contributed by atoms with Crippen LogP contribution in [0.25, 0.3) is 11.4 Å². The summed E-state index contributed by atoms with van der Waals surface area (Å²) in [5.74, 6) is 0.767. The lowest BCUT2D eigenvalue weighted by Crippen LogP contribution is -2.15. The molecule has 2 aromatic heterocycles. The molecule has 20 heavy (non-hydrogen) atoms. The van der Waals surface area contributed by atoms with Gasteiger partial charge in [-0.25, -0.2) is 9.97 Å². The number of rotatable bonds is 6. The Bertz CT molecular complexity index is 550. The number of aryl methyl sites for hydroxylation is 3. The van der Waals surface area contributed by atoms with E-state index in [1.165, 1.54) is 5.56 Å². The van der Waals surface area contributed by atoms with Crippen LogP contribution in [0.3, 0.4) is 0 Å². The van der Waals surface area contributed by atoms with E-state index in [-0.39, 0.29) is 0 Å². The normalized spacial score (nSPS) is 11.0. The molecule has 0 atom stereocenters. The summed E-state index contributed by atoms with van der Waals surface area (Å²) in [6.07, 6.45) is 5.89. The quantitative estimate of drug-likeness (QED) is 0.818. The highest BCUT2D eigenvalue weighted by Crippen LogP contribution is 2.19. The van der Waals surface area contributed by atoms with E-state index in [2.05, 4.69) is 41.2 Å². The van der Waals surface area contributed by atoms with Gasteiger partial charge in [-0.3, -0.25) is 4.68 Å². The minimum atomic E-state index is 0.767. The largest absolute Gasteiger partial charge is 0.317 e. The molecule has 0 aliphatic heterocycles. The number of nitrogens with zero attached hydrogens (tertiary/aromatic N) is 4. The van der Waals surface area contributed by atoms with E-state index in [0.717, 1.165) is 48.7 Å². The third kappa shape index (κ3) is 3.42. The Kier molecular flexibility index (Phi) is 4.84. The second kappa shape index (κ2) is 6.61. The van der Waals surface area contributed by atoms with Crippen LogP contribution in [-0.4, -0.2) is 32.8 Å². The van der Waals surface area contributed by atoms with Crippen molar-refractivity contribution in [1.82, 2.24) is 25.1 Å². The minimum Gasteiger partial charge on any atom is -0.317 e. The summed E-state index contributed by atoms with van der Waals surface area (Å²) in [4.78, 5) is 9.26. The molecular weight excluding hydrogens is 250 g/mol. The molecular formula is C15H23N5. The highest BCUT2D eigenvalue weighted by molar-refractivity contribution is 5.53. The van der Waals surface area contributed by atoms with Crippen molar-refractivity contribution in [2.45, 2.75) is 33.6 Å². The van der Waals surface area contributed by atoms with Crippen LogP contribution in [0.2, 0.25) is 0 Å². The maximum atomic E-state index is 4.63. The van der Waals surface area contributed by atoms with Gasteiger partial charge in [0, 0.05) is 24.6 Å². The maximum absolute atomic E-state index is 4.63. The molecule has 0 aromatic carbocycles. The number of hydrogen-bond donors (Lipinski definition) is 1. The van der Waals surface area contributed by atoms with Gasteiger partial charge in [0.2, 0.25) is 0 Å². The second-order valence-electron chi connectivity index (χ2n) is 5.06. The second-order valence-corrected chi connectivity index (χ2v) is 5.06. The third-order valence-electron chi connectivity index (χ3n) is 3.41. The van der Waals surface area contributed by atoms with E-state index < -0.39 is 0 Å². The number of hydrogen-bond acceptors (Lipinski definition) is 4. The zero-order chi connectivity index (χ0) is 14.5. The average Bonchev–Trinajstić information content (AvgIpc) is 2.83. The molecule has 0 saturated heterocycles. The molecule has 0 bridgehead atoms. The zero-order valence-corrected chi connectivity index (χ0v) is 12.8. The molecule has 0 saturated carbocycles. The standard InChI is InChI=1S/C15H23N5/c1-5-16-8-6-7-14-11(2)18-15(19-12(14)3)13-9-17-20(4)10-13/h9-10,16H,5-8H2,1-4H3. The van der Waals surface area contributed by atoms with E-state index in [4.69, 9.17) is 0 Å². The van der Waals surface area contributed by atoms with Crippen LogP contribution in [0.4, 0.5) is 0 Å². The minimum absolute atomic E-state index is 0.767. The van der Waals surface area contributed by atoms with Gasteiger partial charge in [0.1, 0.15) is 0 Å². The Morgan fingerprint density at radius 2 is 1.90 bits per heavy atom. The molecule has 0 aliphatic rings. The monoisotopic (exact) mass is 273 g/mol. The van der Waals surface area contributed by atoms with Crippen molar-refractivity contribution < 1.29 is 0 Å². The molecule has 0 fully saturated rings. The predicted molar refractivity (Wildman–Crippen MR) is 80.6 cm³/mol. The Balaban J connectivity index is 2.16. The van der Waals surface area contributed by atoms with E-state index in [1.54, 1.807) is 10.9 Å². The molecule has 0 aliphatic carbocycles. The van der Waals surface area contributed by atoms with Gasteiger partial charge < -0.3 is 5.32 Å². The summed E-state index contributed by atoms with van der Waals surface area (Å²) in [6, 6.07) is 0. The van der Waals surface area contributed by atoms with Crippen molar-refractivity contribution in [2.75, 3.05) is 13.1 Å². The molecule has 0 unspecified atom stereocenters. The Hall–Kier alpha value is -1.75. The van der Waals surface area contributed by atoms with Crippen LogP contribution in [0.1, 0.15) is 30.3 Å². The molecule has 2 rings (SSSR count). The molecule has 5 heteroatoms. The first-order valence-electron chi connectivity index (χ1n) is 7.15. The molecule has 2 heterocycles. The van der Waals surface area contributed by atoms with Gasteiger partial charge in [0.25, 0.3) is 0 Å². The molecule has 108 valence electrons. The lowest BCUT2D eigenvalue weighted by atomic mass is 10.1. The van der Waals surface area contributed by atoms with Crippen molar-refractivity contribution in [2.24, 2.45) is 7.05 Å². The summed E-state index contributed by atoms with van der Waals surface area (Å²) in [5.41, 5.74) is 4.40. The van der Waals surface area contributed by atoms with Gasteiger partial charge >= 0.3 is 0 Å². The molecule has 2 aromatic rings. The molecule has 0 radical (unpaired) electrons. The SMILES string of the molecule is CCNCCCc1c(C)nc(-c2cnn(C)c2)nc1C. The average molecular weight is 273 g/mol. The summed E-state index contributed by atoms with van der Waals surface area (Å²) in [6.45, 7) is 8.32. The molecule has 0 spiro atoms. The van der Waals surface area contributed by atoms with E-state index in [1.807, 2.05) is 13.2 Å². The van der Waals surface area contributed by atoms with Crippen LogP contribution in [0.15, 0.2) is 12.4 Å². The lowest BCUT2D eigenvalue weighted by molar-refractivity contribution is 0.667. The van der Waals surface area contributed by atoms with Gasteiger partial charge in [-0.1, -0.05) is 6.92 Å². The molecule has 5 nitrogen and oxygen atoms in total. The Morgan fingerprint density at radius 3 is 2.45 bits per heavy atom. The predicted octanol–water partition coefficient (Wildman–Crippen LogP) is 2.04. The first-order chi connectivity index (χ1) is 9.61. The fourth-order valence-corrected chi connectivity index (χ4v) is 2.33. The van der Waals surface area contributed by atoms with Gasteiger partial charge in [0.15, 0.2) is 5.82 Å². The van der Waals surface area contributed by atoms with Crippen molar-refractivity contribution in [1.29, 1.82) is 0 Å². The summed E-state index contributed by atoms with van der Waals surface area (Å²) >= 11 is 0. The van der Waals surface area contributed by atoms with Crippen molar-refractivity contribution in [3.63, 3.8) is 0 Å². The van der Waals surface area contributed by atoms with Crippen LogP contribution in [-0.2, 0) is 13.5 Å². The summed E-state index contributed by atoms with van der Waals surface area (Å²) < 4.78 is 1.77. The first kappa shape index (κ1) is 14.7. The van der Waals surface area contributed by atoms with Gasteiger partial charge in [-0.05, 0) is 45.3 Å². The van der Waals surface area contributed by atoms with E-state index in [9.17, 15) is 0 Å². The van der Waals surface area contributed by atoms with Crippen molar-refractivity contribution in [3.8, 4) is 11.4 Å². The topological polar surface area (TPSA) is 55.6 Å².